The summed E-state index contributed by atoms with van der Waals surface area (Å²) in [5.74, 6) is 0.562. The molecular weight excluding hydrogens is 244 g/mol. The maximum absolute atomic E-state index is 10.9. The lowest BCUT2D eigenvalue weighted by molar-refractivity contribution is 0.600. The Morgan fingerprint density at radius 3 is 2.57 bits per heavy atom. The van der Waals surface area contributed by atoms with Crippen molar-refractivity contribution < 1.29 is 8.42 Å². The molecule has 14 heavy (non-hydrogen) atoms. The molecule has 0 aliphatic heterocycles. The number of rotatable bonds is 5. The molecule has 0 saturated heterocycles. The van der Waals surface area contributed by atoms with Gasteiger partial charge in [-0.1, -0.05) is 0 Å². The second-order valence-electron chi connectivity index (χ2n) is 2.95. The second-order valence-corrected chi connectivity index (χ2v) is 6.62. The van der Waals surface area contributed by atoms with Gasteiger partial charge >= 0.3 is 0 Å². The van der Waals surface area contributed by atoms with Crippen molar-refractivity contribution in [1.29, 1.82) is 0 Å². The number of sulfone groups is 1. The average Bonchev–Trinajstić information content (AvgIpc) is 2.46. The molecule has 1 rings (SSSR count). The number of nitrogens with zero attached hydrogens (tertiary/aromatic N) is 2. The molecule has 80 valence electrons. The van der Waals surface area contributed by atoms with Gasteiger partial charge in [0.25, 0.3) is 0 Å². The number of hydrogen-bond acceptors (Lipinski definition) is 5. The van der Waals surface area contributed by atoms with Crippen LogP contribution in [0.1, 0.15) is 16.4 Å². The first-order valence-electron chi connectivity index (χ1n) is 4.06. The molecule has 0 aromatic carbocycles. The van der Waals surface area contributed by atoms with Crippen molar-refractivity contribution in [3.8, 4) is 0 Å². The highest BCUT2D eigenvalue weighted by Gasteiger charge is 2.09. The van der Waals surface area contributed by atoms with E-state index >= 15 is 0 Å². The summed E-state index contributed by atoms with van der Waals surface area (Å²) < 4.78 is 21.9. The number of aromatic nitrogens is 2. The normalized spacial score (nSPS) is 11.9. The van der Waals surface area contributed by atoms with Crippen molar-refractivity contribution in [1.82, 2.24) is 10.2 Å². The van der Waals surface area contributed by atoms with Crippen molar-refractivity contribution in [2.45, 2.75) is 18.6 Å². The molecule has 0 aliphatic carbocycles. The Hall–Kier alpha value is -0.200. The van der Waals surface area contributed by atoms with E-state index in [1.54, 1.807) is 0 Å². The molecule has 0 amide bonds. The molecule has 0 radical (unpaired) electrons. The molecule has 0 unspecified atom stereocenters. The molecule has 1 aromatic heterocycles. The van der Waals surface area contributed by atoms with Crippen LogP contribution in [0.2, 0.25) is 0 Å². The van der Waals surface area contributed by atoms with E-state index < -0.39 is 9.84 Å². The number of halogens is 1. The summed E-state index contributed by atoms with van der Waals surface area (Å²) in [4.78, 5) is 0. The molecule has 4 nitrogen and oxygen atoms in total. The van der Waals surface area contributed by atoms with Gasteiger partial charge in [-0.15, -0.1) is 33.1 Å². The van der Waals surface area contributed by atoms with Crippen molar-refractivity contribution in [3.05, 3.63) is 10.0 Å². The number of aryl methyl sites for hydroxylation is 1. The zero-order valence-corrected chi connectivity index (χ0v) is 10.1. The maximum atomic E-state index is 10.9. The lowest BCUT2D eigenvalue weighted by atomic mass is 10.4. The van der Waals surface area contributed by atoms with Crippen molar-refractivity contribution >= 4 is 32.8 Å². The monoisotopic (exact) mass is 254 g/mol. The lowest BCUT2D eigenvalue weighted by Gasteiger charge is -1.90. The first-order valence-corrected chi connectivity index (χ1v) is 7.47. The minimum Gasteiger partial charge on any atom is -0.229 e. The van der Waals surface area contributed by atoms with E-state index in [9.17, 15) is 8.42 Å². The van der Waals surface area contributed by atoms with Crippen LogP contribution in [0.5, 0.6) is 0 Å². The van der Waals surface area contributed by atoms with Crippen molar-refractivity contribution in [3.63, 3.8) is 0 Å². The van der Waals surface area contributed by atoms with E-state index in [4.69, 9.17) is 11.6 Å². The van der Waals surface area contributed by atoms with E-state index in [1.165, 1.54) is 17.6 Å². The smallest absolute Gasteiger partial charge is 0.154 e. The van der Waals surface area contributed by atoms with E-state index in [0.717, 1.165) is 17.8 Å². The molecule has 0 saturated carbocycles. The van der Waals surface area contributed by atoms with Crippen LogP contribution in [-0.4, -0.2) is 30.8 Å². The lowest BCUT2D eigenvalue weighted by Crippen LogP contribution is -1.99. The minimum atomic E-state index is -3.00. The Bertz CT molecular complexity index is 388. The van der Waals surface area contributed by atoms with Gasteiger partial charge < -0.3 is 0 Å². The first-order chi connectivity index (χ1) is 6.51. The third kappa shape index (κ3) is 4.34. The van der Waals surface area contributed by atoms with Gasteiger partial charge in [0.2, 0.25) is 0 Å². The summed E-state index contributed by atoms with van der Waals surface area (Å²) in [6.07, 6.45) is 2.80. The van der Waals surface area contributed by atoms with E-state index in [1.807, 2.05) is 0 Å². The summed E-state index contributed by atoms with van der Waals surface area (Å²) in [5, 5.41) is 9.09. The van der Waals surface area contributed by atoms with Gasteiger partial charge in [0, 0.05) is 18.6 Å². The Kier molecular flexibility index (Phi) is 4.28. The third-order valence-electron chi connectivity index (χ3n) is 1.42. The summed E-state index contributed by atoms with van der Waals surface area (Å²) in [5.41, 5.74) is 0. The highest BCUT2D eigenvalue weighted by atomic mass is 35.5. The van der Waals surface area contributed by atoms with Crippen LogP contribution in [0.25, 0.3) is 0 Å². The summed E-state index contributed by atoms with van der Waals surface area (Å²) in [7, 11) is -3.00. The zero-order chi connectivity index (χ0) is 10.6. The van der Waals surface area contributed by atoms with E-state index in [0.29, 0.717) is 10.9 Å². The van der Waals surface area contributed by atoms with Gasteiger partial charge in [0.1, 0.15) is 15.8 Å². The van der Waals surface area contributed by atoms with Gasteiger partial charge in [-0.25, -0.2) is 8.42 Å². The molecule has 0 aliphatic rings. The third-order valence-corrected chi connectivity index (χ3v) is 3.65. The zero-order valence-electron chi connectivity index (χ0n) is 7.73. The molecule has 0 spiro atoms. The highest BCUT2D eigenvalue weighted by molar-refractivity contribution is 7.90. The van der Waals surface area contributed by atoms with E-state index in [2.05, 4.69) is 10.2 Å². The van der Waals surface area contributed by atoms with Crippen LogP contribution >= 0.6 is 22.9 Å². The Labute approximate surface area is 92.2 Å². The van der Waals surface area contributed by atoms with Crippen LogP contribution in [0, 0.1) is 0 Å². The van der Waals surface area contributed by atoms with E-state index in [-0.39, 0.29) is 5.75 Å². The van der Waals surface area contributed by atoms with Gasteiger partial charge in [-0.3, -0.25) is 0 Å². The topological polar surface area (TPSA) is 59.9 Å². The molecule has 0 atom stereocenters. The maximum Gasteiger partial charge on any atom is 0.154 e. The molecule has 0 N–H and O–H groups in total. The molecule has 7 heteroatoms. The molecule has 1 aromatic rings. The Balaban J connectivity index is 2.59. The van der Waals surface area contributed by atoms with Gasteiger partial charge in [0.15, 0.2) is 9.84 Å². The van der Waals surface area contributed by atoms with Crippen molar-refractivity contribution in [2.75, 3.05) is 12.1 Å². The van der Waals surface area contributed by atoms with Gasteiger partial charge in [0.05, 0.1) is 0 Å². The van der Waals surface area contributed by atoms with Crippen LogP contribution < -0.4 is 0 Å². The predicted octanol–water partition coefficient (Wildman–Crippen LogP) is 1.25. The SMILES string of the molecule is CS(=O)(=O)Cc1nnc(CCCCl)s1. The average molecular weight is 255 g/mol. The first kappa shape index (κ1) is 11.9. The molecule has 0 fully saturated rings. The molecule has 1 heterocycles. The van der Waals surface area contributed by atoms with Crippen LogP contribution in [0.15, 0.2) is 0 Å². The molecule has 0 bridgehead atoms. The largest absolute Gasteiger partial charge is 0.229 e. The van der Waals surface area contributed by atoms with Crippen LogP contribution in [0.3, 0.4) is 0 Å². The Morgan fingerprint density at radius 2 is 2.00 bits per heavy atom. The summed E-state index contributed by atoms with van der Waals surface area (Å²) >= 11 is 6.86. The standard InChI is InChI=1S/C7H11ClN2O2S2/c1-14(11,12)5-7-10-9-6(13-7)3-2-4-8/h2-5H2,1H3. The molecular formula is C7H11ClN2O2S2. The fraction of sp³-hybridized carbons (Fsp3) is 0.714. The fourth-order valence-corrected chi connectivity index (χ4v) is 3.09. The fourth-order valence-electron chi connectivity index (χ4n) is 0.890. The number of hydrogen-bond donors (Lipinski definition) is 0. The van der Waals surface area contributed by atoms with Gasteiger partial charge in [-0.05, 0) is 6.42 Å². The highest BCUT2D eigenvalue weighted by Crippen LogP contribution is 2.14. The summed E-state index contributed by atoms with van der Waals surface area (Å²) in [6, 6.07) is 0. The predicted molar refractivity (Wildman–Crippen MR) is 57.5 cm³/mol. The summed E-state index contributed by atoms with van der Waals surface area (Å²) in [6.45, 7) is 0. The van der Waals surface area contributed by atoms with Crippen LogP contribution in [-0.2, 0) is 22.0 Å². The minimum absolute atomic E-state index is 0.0223. The quantitative estimate of drug-likeness (QED) is 0.742. The van der Waals surface area contributed by atoms with Crippen LogP contribution in [0.4, 0.5) is 0 Å². The number of alkyl halides is 1. The Morgan fingerprint density at radius 1 is 1.36 bits per heavy atom. The van der Waals surface area contributed by atoms with Crippen molar-refractivity contribution in [2.24, 2.45) is 0 Å². The second kappa shape index (κ2) is 5.04. The van der Waals surface area contributed by atoms with Gasteiger partial charge in [-0.2, -0.15) is 0 Å².